The molecule has 2 aliphatic heterocycles. The Kier molecular flexibility index (Phi) is 4.65. The zero-order chi connectivity index (χ0) is 19.9. The summed E-state index contributed by atoms with van der Waals surface area (Å²) in [7, 11) is 0. The fraction of sp³-hybridized carbons (Fsp3) is 0.364. The summed E-state index contributed by atoms with van der Waals surface area (Å²) in [5.74, 6) is -2.29. The number of amides is 2. The maximum absolute atomic E-state index is 14.2. The molecule has 4 nitrogen and oxygen atoms in total. The maximum Gasteiger partial charge on any atom is 0.257 e. The molecule has 2 saturated heterocycles. The number of carbonyl (C=O) groups is 2. The summed E-state index contributed by atoms with van der Waals surface area (Å²) in [6.07, 6.45) is 2.56. The first-order valence-electron chi connectivity index (χ1n) is 9.58. The number of anilines is 1. The van der Waals surface area contributed by atoms with E-state index in [1.165, 1.54) is 4.90 Å². The Hall–Kier alpha value is -2.76. The second-order valence-corrected chi connectivity index (χ2v) is 7.61. The summed E-state index contributed by atoms with van der Waals surface area (Å²) >= 11 is 0. The Balaban J connectivity index is 1.67. The molecule has 2 aromatic rings. The number of likely N-dealkylation sites (tertiary alicyclic amines) is 1. The molecule has 28 heavy (non-hydrogen) atoms. The van der Waals surface area contributed by atoms with E-state index in [0.29, 0.717) is 38.4 Å². The predicted octanol–water partition coefficient (Wildman–Crippen LogP) is 4.08. The molecule has 0 radical (unpaired) electrons. The van der Waals surface area contributed by atoms with Gasteiger partial charge >= 0.3 is 0 Å². The minimum Gasteiger partial charge on any atom is -0.324 e. The van der Waals surface area contributed by atoms with Gasteiger partial charge in [-0.25, -0.2) is 8.78 Å². The van der Waals surface area contributed by atoms with Crippen molar-refractivity contribution in [2.45, 2.75) is 38.1 Å². The molecule has 1 atom stereocenters. The predicted molar refractivity (Wildman–Crippen MR) is 102 cm³/mol. The topological polar surface area (TPSA) is 40.6 Å². The highest BCUT2D eigenvalue weighted by Crippen LogP contribution is 2.40. The van der Waals surface area contributed by atoms with Crippen molar-refractivity contribution in [2.24, 2.45) is 0 Å². The highest BCUT2D eigenvalue weighted by molar-refractivity contribution is 6.06. The quantitative estimate of drug-likeness (QED) is 0.783. The van der Waals surface area contributed by atoms with Crippen molar-refractivity contribution >= 4 is 17.5 Å². The van der Waals surface area contributed by atoms with E-state index in [4.69, 9.17) is 0 Å². The van der Waals surface area contributed by atoms with Crippen LogP contribution in [0.2, 0.25) is 0 Å². The van der Waals surface area contributed by atoms with Gasteiger partial charge in [0.15, 0.2) is 0 Å². The molecular formula is C22H22F2N2O2. The molecule has 0 saturated carbocycles. The molecule has 2 amide bonds. The van der Waals surface area contributed by atoms with E-state index in [2.05, 4.69) is 0 Å². The minimum atomic E-state index is -0.957. The fourth-order valence-electron chi connectivity index (χ4n) is 4.43. The normalized spacial score (nSPS) is 22.2. The molecular weight excluding hydrogens is 362 g/mol. The molecule has 2 aliphatic rings. The molecule has 2 fully saturated rings. The molecule has 0 aromatic heterocycles. The number of hydrogen-bond donors (Lipinski definition) is 0. The van der Waals surface area contributed by atoms with Gasteiger partial charge in [0, 0.05) is 24.8 Å². The van der Waals surface area contributed by atoms with Crippen molar-refractivity contribution in [3.05, 3.63) is 65.2 Å². The SMILES string of the molecule is Cc1ccc(N2CCCC3(CCCN3C(=O)c3ccc(F)cc3F)C2=O)cc1. The molecule has 1 unspecified atom stereocenters. The van der Waals surface area contributed by atoms with Crippen LogP contribution in [-0.2, 0) is 4.79 Å². The molecule has 0 N–H and O–H groups in total. The minimum absolute atomic E-state index is 0.115. The summed E-state index contributed by atoms with van der Waals surface area (Å²) in [6.45, 7) is 2.97. The Morgan fingerprint density at radius 3 is 2.36 bits per heavy atom. The molecule has 146 valence electrons. The van der Waals surface area contributed by atoms with Crippen LogP contribution in [0, 0.1) is 18.6 Å². The molecule has 4 rings (SSSR count). The summed E-state index contributed by atoms with van der Waals surface area (Å²) < 4.78 is 27.4. The average molecular weight is 384 g/mol. The van der Waals surface area contributed by atoms with E-state index in [9.17, 15) is 18.4 Å². The zero-order valence-corrected chi connectivity index (χ0v) is 15.8. The van der Waals surface area contributed by atoms with E-state index in [1.54, 1.807) is 4.90 Å². The van der Waals surface area contributed by atoms with Gasteiger partial charge < -0.3 is 9.80 Å². The van der Waals surface area contributed by atoms with Crippen molar-refractivity contribution in [3.63, 3.8) is 0 Å². The van der Waals surface area contributed by atoms with E-state index in [0.717, 1.165) is 29.8 Å². The lowest BCUT2D eigenvalue weighted by Crippen LogP contribution is -2.61. The second kappa shape index (κ2) is 7.00. The lowest BCUT2D eigenvalue weighted by atomic mass is 9.84. The first kappa shape index (κ1) is 18.6. The highest BCUT2D eigenvalue weighted by Gasteiger charge is 2.53. The first-order valence-corrected chi connectivity index (χ1v) is 9.58. The molecule has 6 heteroatoms. The van der Waals surface area contributed by atoms with Crippen LogP contribution in [0.15, 0.2) is 42.5 Å². The van der Waals surface area contributed by atoms with Crippen LogP contribution < -0.4 is 4.90 Å². The molecule has 2 aromatic carbocycles. The molecule has 0 aliphatic carbocycles. The smallest absolute Gasteiger partial charge is 0.257 e. The number of carbonyl (C=O) groups excluding carboxylic acids is 2. The van der Waals surface area contributed by atoms with Gasteiger partial charge in [-0.3, -0.25) is 9.59 Å². The van der Waals surface area contributed by atoms with Crippen LogP contribution in [0.5, 0.6) is 0 Å². The third kappa shape index (κ3) is 2.97. The monoisotopic (exact) mass is 384 g/mol. The number of nitrogens with zero attached hydrogens (tertiary/aromatic N) is 2. The Labute approximate surface area is 162 Å². The van der Waals surface area contributed by atoms with E-state index in [1.807, 2.05) is 31.2 Å². The van der Waals surface area contributed by atoms with Gasteiger partial charge in [-0.2, -0.15) is 0 Å². The Bertz CT molecular complexity index is 929. The van der Waals surface area contributed by atoms with Gasteiger partial charge in [0.1, 0.15) is 17.2 Å². The first-order chi connectivity index (χ1) is 13.4. The van der Waals surface area contributed by atoms with Crippen LogP contribution in [0.4, 0.5) is 14.5 Å². The third-order valence-electron chi connectivity index (χ3n) is 5.86. The van der Waals surface area contributed by atoms with Gasteiger partial charge in [-0.15, -0.1) is 0 Å². The Morgan fingerprint density at radius 1 is 1.00 bits per heavy atom. The standard InChI is InChI=1S/C22H22F2N2O2/c1-15-4-7-17(8-5-15)25-12-2-10-22(21(25)28)11-3-13-26(22)20(27)18-9-6-16(23)14-19(18)24/h4-9,14H,2-3,10-13H2,1H3. The Morgan fingerprint density at radius 2 is 1.68 bits per heavy atom. The van der Waals surface area contributed by atoms with Gasteiger partial charge in [0.25, 0.3) is 11.8 Å². The van der Waals surface area contributed by atoms with Gasteiger partial charge in [-0.1, -0.05) is 17.7 Å². The van der Waals surface area contributed by atoms with Crippen molar-refractivity contribution < 1.29 is 18.4 Å². The van der Waals surface area contributed by atoms with Gasteiger partial charge in [-0.05, 0) is 56.9 Å². The van der Waals surface area contributed by atoms with Crippen LogP contribution in [-0.4, -0.2) is 35.3 Å². The molecule has 2 heterocycles. The van der Waals surface area contributed by atoms with Gasteiger partial charge in [0.2, 0.25) is 0 Å². The number of halogens is 2. The zero-order valence-electron chi connectivity index (χ0n) is 15.8. The van der Waals surface area contributed by atoms with Crippen LogP contribution in [0.25, 0.3) is 0 Å². The average Bonchev–Trinajstić information content (AvgIpc) is 3.09. The van der Waals surface area contributed by atoms with Crippen LogP contribution >= 0.6 is 0 Å². The highest BCUT2D eigenvalue weighted by atomic mass is 19.1. The number of hydrogen-bond acceptors (Lipinski definition) is 2. The lowest BCUT2D eigenvalue weighted by Gasteiger charge is -2.44. The van der Waals surface area contributed by atoms with E-state index >= 15 is 0 Å². The summed E-state index contributed by atoms with van der Waals surface area (Å²) in [5, 5.41) is 0. The number of benzene rings is 2. The summed E-state index contributed by atoms with van der Waals surface area (Å²) in [4.78, 5) is 29.8. The number of rotatable bonds is 2. The molecule has 0 bridgehead atoms. The number of piperidine rings is 1. The lowest BCUT2D eigenvalue weighted by molar-refractivity contribution is -0.130. The van der Waals surface area contributed by atoms with Crippen molar-refractivity contribution in [1.29, 1.82) is 0 Å². The van der Waals surface area contributed by atoms with E-state index < -0.39 is 23.1 Å². The van der Waals surface area contributed by atoms with E-state index in [-0.39, 0.29) is 11.5 Å². The van der Waals surface area contributed by atoms with Gasteiger partial charge in [0.05, 0.1) is 5.56 Å². The number of aryl methyl sites for hydroxylation is 1. The second-order valence-electron chi connectivity index (χ2n) is 7.61. The summed E-state index contributed by atoms with van der Waals surface area (Å²) in [5.41, 5.74) is 0.762. The molecule has 1 spiro atoms. The van der Waals surface area contributed by atoms with Crippen LogP contribution in [0.1, 0.15) is 41.6 Å². The fourth-order valence-corrected chi connectivity index (χ4v) is 4.43. The third-order valence-corrected chi connectivity index (χ3v) is 5.86. The van der Waals surface area contributed by atoms with Crippen molar-refractivity contribution in [3.8, 4) is 0 Å². The summed E-state index contributed by atoms with van der Waals surface area (Å²) in [6, 6.07) is 10.7. The van der Waals surface area contributed by atoms with Crippen LogP contribution in [0.3, 0.4) is 0 Å². The largest absolute Gasteiger partial charge is 0.324 e. The van der Waals surface area contributed by atoms with Crippen molar-refractivity contribution in [2.75, 3.05) is 18.0 Å². The maximum atomic E-state index is 14.2. The van der Waals surface area contributed by atoms with Crippen molar-refractivity contribution in [1.82, 2.24) is 4.90 Å².